The first-order valence-corrected chi connectivity index (χ1v) is 14.7. The molecule has 0 radical (unpaired) electrons. The molecule has 2 saturated heterocycles. The molecule has 6 rings (SSSR count). The Morgan fingerprint density at radius 2 is 1.29 bits per heavy atom. The van der Waals surface area contributed by atoms with Crippen LogP contribution in [0.5, 0.6) is 11.5 Å². The van der Waals surface area contributed by atoms with Crippen molar-refractivity contribution in [2.75, 3.05) is 46.6 Å². The summed E-state index contributed by atoms with van der Waals surface area (Å²) in [6.45, 7) is 6.43. The van der Waals surface area contributed by atoms with Crippen molar-refractivity contribution in [1.29, 1.82) is 0 Å². The van der Waals surface area contributed by atoms with Crippen molar-refractivity contribution in [2.24, 2.45) is 0 Å². The molecule has 0 aromatic heterocycles. The van der Waals surface area contributed by atoms with E-state index in [-0.39, 0.29) is 47.4 Å². The quantitative estimate of drug-likeness (QED) is 0.101. The normalized spacial score (nSPS) is 14.2. The number of benzene rings is 4. The molecule has 0 bridgehead atoms. The van der Waals surface area contributed by atoms with Gasteiger partial charge in [-0.05, 0) is 111 Å². The highest BCUT2D eigenvalue weighted by atomic mass is 16.3. The first-order valence-electron chi connectivity index (χ1n) is 14.7. The van der Waals surface area contributed by atoms with E-state index in [2.05, 4.69) is 38.6 Å². The molecule has 4 aromatic carbocycles. The van der Waals surface area contributed by atoms with Gasteiger partial charge in [0, 0.05) is 65.7 Å². The fourth-order valence-corrected chi connectivity index (χ4v) is 6.05. The maximum Gasteiger partial charge on any atom is 0.259 e. The van der Waals surface area contributed by atoms with Crippen LogP contribution in [0.25, 0.3) is 10.8 Å². The Morgan fingerprint density at radius 1 is 0.689 bits per heavy atom. The zero-order valence-electron chi connectivity index (χ0n) is 26.4. The number of aryl methyl sites for hydroxylation is 1. The second kappa shape index (κ2) is 16.0. The van der Waals surface area contributed by atoms with Crippen LogP contribution >= 0.6 is 0 Å². The van der Waals surface area contributed by atoms with Crippen LogP contribution < -0.4 is 45.0 Å². The Kier molecular flexibility index (Phi) is 13.0. The monoisotopic (exact) mass is 626 g/mol. The molecule has 16 N–H and O–H groups in total. The zero-order valence-corrected chi connectivity index (χ0v) is 26.4. The predicted molar refractivity (Wildman–Crippen MR) is 197 cm³/mol. The molecule has 0 spiro atoms. The fourth-order valence-electron chi connectivity index (χ4n) is 6.05. The summed E-state index contributed by atoms with van der Waals surface area (Å²) in [6.07, 6.45) is 7.56. The Balaban J connectivity index is -0.00000264. The van der Waals surface area contributed by atoms with Crippen LogP contribution in [-0.2, 0) is 0 Å². The number of phenols is 2. The number of carbonyl (C=O) groups is 1. The lowest BCUT2D eigenvalue weighted by atomic mass is 10.0. The second-order valence-corrected chi connectivity index (χ2v) is 11.3. The van der Waals surface area contributed by atoms with Gasteiger partial charge in [0.05, 0.1) is 5.56 Å². The van der Waals surface area contributed by atoms with Gasteiger partial charge in [0.25, 0.3) is 5.91 Å². The molecule has 2 aliphatic heterocycles. The van der Waals surface area contributed by atoms with Gasteiger partial charge < -0.3 is 55.2 Å². The molecule has 252 valence electrons. The van der Waals surface area contributed by atoms with Gasteiger partial charge in [-0.2, -0.15) is 0 Å². The minimum atomic E-state index is -0.409. The molecule has 11 nitrogen and oxygen atoms in total. The van der Waals surface area contributed by atoms with Crippen molar-refractivity contribution in [1.82, 2.24) is 24.6 Å². The predicted octanol–water partition coefficient (Wildman–Crippen LogP) is 9.17. The van der Waals surface area contributed by atoms with E-state index < -0.39 is 5.91 Å². The van der Waals surface area contributed by atoms with Gasteiger partial charge in [0.15, 0.2) is 0 Å². The summed E-state index contributed by atoms with van der Waals surface area (Å²) in [5.41, 5.74) is 6.40. The molecular formula is C34H58N8O3. The van der Waals surface area contributed by atoms with Gasteiger partial charge >= 0.3 is 0 Å². The van der Waals surface area contributed by atoms with Crippen molar-refractivity contribution >= 4 is 45.1 Å². The molecule has 0 atom stereocenters. The molecule has 2 aliphatic rings. The zero-order chi connectivity index (χ0) is 28.3. The number of amides is 1. The van der Waals surface area contributed by atoms with Crippen LogP contribution in [0.15, 0.2) is 66.7 Å². The average molecular weight is 627 g/mol. The van der Waals surface area contributed by atoms with Crippen LogP contribution in [0.3, 0.4) is 0 Å². The summed E-state index contributed by atoms with van der Waals surface area (Å²) < 4.78 is 0. The third-order valence-corrected chi connectivity index (χ3v) is 8.33. The van der Waals surface area contributed by atoms with Crippen molar-refractivity contribution in [3.05, 3.63) is 77.9 Å². The SMILES string of the molecule is Cc1cc(NC(=O)c2cc3cccc(O)c3cc2O)ccc1Nc1cc(N2CCCCC2)cc(N2CCCCC2)c1.N.N.N.N.[HH].[HH].[HH].[HH]. The molecule has 45 heavy (non-hydrogen) atoms. The second-order valence-electron chi connectivity index (χ2n) is 11.3. The van der Waals surface area contributed by atoms with E-state index in [1.54, 1.807) is 24.3 Å². The molecule has 4 aromatic rings. The number of piperidine rings is 2. The van der Waals surface area contributed by atoms with E-state index in [1.807, 2.05) is 25.1 Å². The minimum Gasteiger partial charge on any atom is -0.507 e. The van der Waals surface area contributed by atoms with Gasteiger partial charge in [-0.1, -0.05) is 12.1 Å². The smallest absolute Gasteiger partial charge is 0.259 e. The summed E-state index contributed by atoms with van der Waals surface area (Å²) >= 11 is 0. The third-order valence-electron chi connectivity index (χ3n) is 8.33. The lowest BCUT2D eigenvalue weighted by Crippen LogP contribution is -2.31. The number of nitrogens with one attached hydrogen (secondary N) is 2. The Bertz CT molecular complexity index is 1570. The largest absolute Gasteiger partial charge is 0.507 e. The van der Waals surface area contributed by atoms with Gasteiger partial charge in [0.2, 0.25) is 0 Å². The number of nitrogens with zero attached hydrogens (tertiary/aromatic N) is 2. The van der Waals surface area contributed by atoms with Gasteiger partial charge in [-0.15, -0.1) is 0 Å². The van der Waals surface area contributed by atoms with Crippen molar-refractivity contribution < 1.29 is 20.7 Å². The summed E-state index contributed by atoms with van der Waals surface area (Å²) in [5, 5.41) is 28.3. The molecule has 1 amide bonds. The lowest BCUT2D eigenvalue weighted by molar-refractivity contribution is 0.102. The topological polar surface area (TPSA) is 228 Å². The van der Waals surface area contributed by atoms with Crippen LogP contribution in [-0.4, -0.2) is 42.3 Å². The highest BCUT2D eigenvalue weighted by molar-refractivity contribution is 6.09. The first kappa shape index (κ1) is 36.6. The van der Waals surface area contributed by atoms with E-state index in [4.69, 9.17) is 0 Å². The Labute approximate surface area is 271 Å². The summed E-state index contributed by atoms with van der Waals surface area (Å²) in [6, 6.07) is 20.7. The third kappa shape index (κ3) is 8.14. The van der Waals surface area contributed by atoms with E-state index in [1.165, 1.54) is 56.0 Å². The van der Waals surface area contributed by atoms with Crippen molar-refractivity contribution in [3.8, 4) is 11.5 Å². The summed E-state index contributed by atoms with van der Waals surface area (Å²) in [7, 11) is 0. The van der Waals surface area contributed by atoms with E-state index in [0.717, 1.165) is 43.1 Å². The molecule has 11 heteroatoms. The highest BCUT2D eigenvalue weighted by Gasteiger charge is 2.18. The Morgan fingerprint density at radius 3 is 1.87 bits per heavy atom. The maximum absolute atomic E-state index is 13.1. The van der Waals surface area contributed by atoms with Crippen LogP contribution in [0.1, 0.15) is 60.2 Å². The molecular weight excluding hydrogens is 568 g/mol. The molecule has 0 saturated carbocycles. The molecule has 2 heterocycles. The highest BCUT2D eigenvalue weighted by Crippen LogP contribution is 2.35. The number of rotatable bonds is 6. The van der Waals surface area contributed by atoms with E-state index in [9.17, 15) is 15.0 Å². The number of hydrogen-bond acceptors (Lipinski definition) is 10. The number of fused-ring (bicyclic) bond motifs is 1. The fraction of sp³-hybridized carbons (Fsp3) is 0.324. The minimum absolute atomic E-state index is 0. The number of hydrogen-bond donors (Lipinski definition) is 8. The van der Waals surface area contributed by atoms with Crippen LogP contribution in [0.4, 0.5) is 28.4 Å². The van der Waals surface area contributed by atoms with Crippen molar-refractivity contribution in [3.63, 3.8) is 0 Å². The molecule has 2 fully saturated rings. The van der Waals surface area contributed by atoms with Crippen LogP contribution in [0, 0.1) is 6.92 Å². The first-order chi connectivity index (χ1) is 19.9. The lowest BCUT2D eigenvalue weighted by Gasteiger charge is -2.33. The molecule has 0 unspecified atom stereocenters. The van der Waals surface area contributed by atoms with Gasteiger partial charge in [-0.3, -0.25) is 4.79 Å². The van der Waals surface area contributed by atoms with E-state index >= 15 is 0 Å². The van der Waals surface area contributed by atoms with Gasteiger partial charge in [-0.25, -0.2) is 0 Å². The number of anilines is 5. The maximum atomic E-state index is 13.1. The van der Waals surface area contributed by atoms with Crippen LogP contribution in [0.2, 0.25) is 0 Å². The number of carbonyl (C=O) groups excluding carboxylic acids is 1. The summed E-state index contributed by atoms with van der Waals surface area (Å²) in [5.74, 6) is -0.522. The van der Waals surface area contributed by atoms with E-state index in [0.29, 0.717) is 16.5 Å². The summed E-state index contributed by atoms with van der Waals surface area (Å²) in [4.78, 5) is 18.1. The average Bonchev–Trinajstić information content (AvgIpc) is 2.99. The molecule has 0 aliphatic carbocycles. The number of phenolic OH excluding ortho intramolecular Hbond substituents is 2. The standard InChI is InChI=1S/C34H38N4O3.4H3N.4H2/c1-23-17-25(36-34(41)30-18-24-9-8-10-32(39)29(24)22-33(30)40)11-12-31(23)35-26-19-27(37-13-4-2-5-14-37)21-28(20-26)38-15-6-3-7-16-38;;;;;;;;/h8-12,17-22,35,39-40H,2-7,13-16H2,1H3,(H,36,41);4*1H3;4*1H. The van der Waals surface area contributed by atoms with Crippen molar-refractivity contribution in [2.45, 2.75) is 45.4 Å². The van der Waals surface area contributed by atoms with Gasteiger partial charge in [0.1, 0.15) is 11.5 Å². The number of aromatic hydroxyl groups is 2. The Hall–Kier alpha value is -4.55.